The van der Waals surface area contributed by atoms with Crippen LogP contribution in [0.2, 0.25) is 0 Å². The van der Waals surface area contributed by atoms with Gasteiger partial charge in [0.2, 0.25) is 0 Å². The van der Waals surface area contributed by atoms with Gasteiger partial charge in [0.15, 0.2) is 0 Å². The molecule has 0 saturated carbocycles. The Kier molecular flexibility index (Phi) is 5.60. The molecule has 2 aromatic carbocycles. The van der Waals surface area contributed by atoms with Crippen LogP contribution in [0.5, 0.6) is 5.75 Å². The Bertz CT molecular complexity index is 555. The zero-order chi connectivity index (χ0) is 15.1. The van der Waals surface area contributed by atoms with Crippen LogP contribution in [0.25, 0.3) is 0 Å². The molecular weight excluding hydrogens is 264 g/mol. The molecule has 0 aliphatic rings. The maximum absolute atomic E-state index is 5.95. The molecule has 0 aliphatic carbocycles. The molecule has 4 nitrogen and oxygen atoms in total. The van der Waals surface area contributed by atoms with Crippen LogP contribution in [0, 0.1) is 0 Å². The van der Waals surface area contributed by atoms with Gasteiger partial charge in [-0.3, -0.25) is 0 Å². The minimum atomic E-state index is 0.0461. The summed E-state index contributed by atoms with van der Waals surface area (Å²) in [6.07, 6.45) is 0. The van der Waals surface area contributed by atoms with Gasteiger partial charge in [0.1, 0.15) is 5.75 Å². The second-order valence-corrected chi connectivity index (χ2v) is 4.79. The number of nitrogens with one attached hydrogen (secondary N) is 1. The summed E-state index contributed by atoms with van der Waals surface area (Å²) >= 11 is 0. The molecule has 2 aromatic rings. The Balaban J connectivity index is 2.19. The maximum atomic E-state index is 5.95. The SMILES string of the molecule is COCc1ccccc1C(CN)Nc1ccc(OC)cc1. The van der Waals surface area contributed by atoms with E-state index in [4.69, 9.17) is 15.2 Å². The van der Waals surface area contributed by atoms with Gasteiger partial charge in [-0.2, -0.15) is 0 Å². The van der Waals surface area contributed by atoms with Gasteiger partial charge in [-0.1, -0.05) is 24.3 Å². The summed E-state index contributed by atoms with van der Waals surface area (Å²) in [5.41, 5.74) is 9.27. The fourth-order valence-corrected chi connectivity index (χ4v) is 2.31. The fraction of sp³-hybridized carbons (Fsp3) is 0.294. The summed E-state index contributed by atoms with van der Waals surface area (Å²) in [4.78, 5) is 0. The molecule has 0 heterocycles. The van der Waals surface area contributed by atoms with Crippen LogP contribution in [0.3, 0.4) is 0 Å². The van der Waals surface area contributed by atoms with E-state index >= 15 is 0 Å². The van der Waals surface area contributed by atoms with Gasteiger partial charge in [-0.25, -0.2) is 0 Å². The lowest BCUT2D eigenvalue weighted by atomic mass is 10.0. The van der Waals surface area contributed by atoms with E-state index in [1.54, 1.807) is 14.2 Å². The van der Waals surface area contributed by atoms with Gasteiger partial charge in [0, 0.05) is 19.3 Å². The number of anilines is 1. The van der Waals surface area contributed by atoms with E-state index in [9.17, 15) is 0 Å². The molecule has 2 rings (SSSR count). The maximum Gasteiger partial charge on any atom is 0.119 e. The lowest BCUT2D eigenvalue weighted by molar-refractivity contribution is 0.184. The van der Waals surface area contributed by atoms with E-state index in [1.165, 1.54) is 0 Å². The zero-order valence-electron chi connectivity index (χ0n) is 12.5. The van der Waals surface area contributed by atoms with Gasteiger partial charge in [0.05, 0.1) is 19.8 Å². The number of ether oxygens (including phenoxy) is 2. The molecule has 4 heteroatoms. The van der Waals surface area contributed by atoms with Gasteiger partial charge in [-0.05, 0) is 35.4 Å². The van der Waals surface area contributed by atoms with E-state index in [-0.39, 0.29) is 6.04 Å². The normalized spacial score (nSPS) is 12.0. The first-order chi connectivity index (χ1) is 10.3. The van der Waals surface area contributed by atoms with Gasteiger partial charge in [0.25, 0.3) is 0 Å². The minimum absolute atomic E-state index is 0.0461. The first-order valence-corrected chi connectivity index (χ1v) is 6.96. The van der Waals surface area contributed by atoms with Crippen molar-refractivity contribution < 1.29 is 9.47 Å². The molecule has 1 unspecified atom stereocenters. The summed E-state index contributed by atoms with van der Waals surface area (Å²) in [5, 5.41) is 3.46. The predicted molar refractivity (Wildman–Crippen MR) is 85.6 cm³/mol. The van der Waals surface area contributed by atoms with Crippen LogP contribution < -0.4 is 15.8 Å². The van der Waals surface area contributed by atoms with Crippen molar-refractivity contribution in [3.63, 3.8) is 0 Å². The van der Waals surface area contributed by atoms with Crippen LogP contribution in [0.4, 0.5) is 5.69 Å². The molecule has 0 amide bonds. The van der Waals surface area contributed by atoms with Crippen LogP contribution in [0.15, 0.2) is 48.5 Å². The molecule has 0 fully saturated rings. The van der Waals surface area contributed by atoms with Gasteiger partial charge < -0.3 is 20.5 Å². The Morgan fingerprint density at radius 3 is 2.38 bits per heavy atom. The number of hydrogen-bond donors (Lipinski definition) is 2. The van der Waals surface area contributed by atoms with Crippen molar-refractivity contribution in [2.75, 3.05) is 26.1 Å². The smallest absolute Gasteiger partial charge is 0.119 e. The topological polar surface area (TPSA) is 56.5 Å². The summed E-state index contributed by atoms with van der Waals surface area (Å²) < 4.78 is 10.4. The predicted octanol–water partition coefficient (Wildman–Crippen LogP) is 2.95. The summed E-state index contributed by atoms with van der Waals surface area (Å²) in [7, 11) is 3.36. The first kappa shape index (κ1) is 15.4. The Morgan fingerprint density at radius 2 is 1.76 bits per heavy atom. The summed E-state index contributed by atoms with van der Waals surface area (Å²) in [6, 6.07) is 16.1. The van der Waals surface area contributed by atoms with Crippen LogP contribution in [-0.4, -0.2) is 20.8 Å². The molecule has 1 atom stereocenters. The molecular formula is C17H22N2O2. The third-order valence-electron chi connectivity index (χ3n) is 3.40. The fourth-order valence-electron chi connectivity index (χ4n) is 2.31. The Hall–Kier alpha value is -2.04. The van der Waals surface area contributed by atoms with Gasteiger partial charge in [-0.15, -0.1) is 0 Å². The molecule has 0 bridgehead atoms. The minimum Gasteiger partial charge on any atom is -0.497 e. The highest BCUT2D eigenvalue weighted by Crippen LogP contribution is 2.24. The molecule has 0 aromatic heterocycles. The lowest BCUT2D eigenvalue weighted by Gasteiger charge is -2.21. The average Bonchev–Trinajstić information content (AvgIpc) is 2.54. The Labute approximate surface area is 125 Å². The third-order valence-corrected chi connectivity index (χ3v) is 3.40. The largest absolute Gasteiger partial charge is 0.497 e. The zero-order valence-corrected chi connectivity index (χ0v) is 12.5. The average molecular weight is 286 g/mol. The molecule has 3 N–H and O–H groups in total. The second-order valence-electron chi connectivity index (χ2n) is 4.79. The molecule has 0 radical (unpaired) electrons. The van der Waals surface area contributed by atoms with Crippen LogP contribution in [-0.2, 0) is 11.3 Å². The molecule has 0 saturated heterocycles. The molecule has 21 heavy (non-hydrogen) atoms. The highest BCUT2D eigenvalue weighted by Gasteiger charge is 2.13. The number of benzene rings is 2. The number of methoxy groups -OCH3 is 2. The van der Waals surface area contributed by atoms with E-state index < -0.39 is 0 Å². The van der Waals surface area contributed by atoms with E-state index in [0.29, 0.717) is 13.2 Å². The highest BCUT2D eigenvalue weighted by atomic mass is 16.5. The van der Waals surface area contributed by atoms with Crippen molar-refractivity contribution in [2.45, 2.75) is 12.6 Å². The van der Waals surface area contributed by atoms with E-state index in [1.807, 2.05) is 36.4 Å². The van der Waals surface area contributed by atoms with E-state index in [2.05, 4.69) is 17.4 Å². The summed E-state index contributed by atoms with van der Waals surface area (Å²) in [6.45, 7) is 1.09. The summed E-state index contributed by atoms with van der Waals surface area (Å²) in [5.74, 6) is 0.838. The van der Waals surface area contributed by atoms with Crippen molar-refractivity contribution >= 4 is 5.69 Å². The monoisotopic (exact) mass is 286 g/mol. The number of hydrogen-bond acceptors (Lipinski definition) is 4. The molecule has 0 spiro atoms. The third kappa shape index (κ3) is 3.97. The van der Waals surface area contributed by atoms with Crippen LogP contribution in [0.1, 0.15) is 17.2 Å². The van der Waals surface area contributed by atoms with Crippen molar-refractivity contribution in [3.8, 4) is 5.75 Å². The van der Waals surface area contributed by atoms with Crippen molar-refractivity contribution in [1.29, 1.82) is 0 Å². The van der Waals surface area contributed by atoms with Crippen molar-refractivity contribution in [2.24, 2.45) is 5.73 Å². The standard InChI is InChI=1S/C17H22N2O2/c1-20-12-13-5-3-4-6-16(13)17(11-18)19-14-7-9-15(21-2)10-8-14/h3-10,17,19H,11-12,18H2,1-2H3. The number of nitrogens with two attached hydrogens (primary N) is 1. The number of rotatable bonds is 7. The Morgan fingerprint density at radius 1 is 1.05 bits per heavy atom. The highest BCUT2D eigenvalue weighted by molar-refractivity contribution is 5.49. The van der Waals surface area contributed by atoms with Crippen molar-refractivity contribution in [3.05, 3.63) is 59.7 Å². The quantitative estimate of drug-likeness (QED) is 0.821. The van der Waals surface area contributed by atoms with Crippen molar-refractivity contribution in [1.82, 2.24) is 0 Å². The molecule has 112 valence electrons. The lowest BCUT2D eigenvalue weighted by Crippen LogP contribution is -2.22. The van der Waals surface area contributed by atoms with Crippen LogP contribution >= 0.6 is 0 Å². The van der Waals surface area contributed by atoms with E-state index in [0.717, 1.165) is 22.6 Å². The second kappa shape index (κ2) is 7.67. The van der Waals surface area contributed by atoms with Gasteiger partial charge >= 0.3 is 0 Å². The first-order valence-electron chi connectivity index (χ1n) is 6.96. The molecule has 0 aliphatic heterocycles.